The zero-order valence-electron chi connectivity index (χ0n) is 8.36. The molecule has 0 amide bonds. The number of hydrogen-bond acceptors (Lipinski definition) is 3. The van der Waals surface area contributed by atoms with Crippen LogP contribution in [0.1, 0.15) is 18.3 Å². The smallest absolute Gasteiger partial charge is 0.183 e. The van der Waals surface area contributed by atoms with E-state index in [0.717, 1.165) is 12.0 Å². The first-order valence-corrected chi connectivity index (χ1v) is 5.38. The SMILES string of the molecule is N[C@H]1CCO[C@@H](c2ccc(Cl)cc2)OC1. The van der Waals surface area contributed by atoms with Crippen molar-refractivity contribution in [1.82, 2.24) is 0 Å². The van der Waals surface area contributed by atoms with E-state index in [2.05, 4.69) is 0 Å². The molecule has 1 aromatic carbocycles. The molecule has 15 heavy (non-hydrogen) atoms. The van der Waals surface area contributed by atoms with Crippen molar-refractivity contribution >= 4 is 11.6 Å². The van der Waals surface area contributed by atoms with Gasteiger partial charge in [0.05, 0.1) is 13.2 Å². The summed E-state index contributed by atoms with van der Waals surface area (Å²) < 4.78 is 11.1. The fourth-order valence-electron chi connectivity index (χ4n) is 1.48. The fraction of sp³-hybridized carbons (Fsp3) is 0.455. The van der Waals surface area contributed by atoms with E-state index < -0.39 is 0 Å². The van der Waals surface area contributed by atoms with Crippen LogP contribution >= 0.6 is 11.6 Å². The molecule has 0 spiro atoms. The highest BCUT2D eigenvalue weighted by atomic mass is 35.5. The highest BCUT2D eigenvalue weighted by molar-refractivity contribution is 6.30. The lowest BCUT2D eigenvalue weighted by Gasteiger charge is -2.15. The number of rotatable bonds is 1. The molecule has 0 aliphatic carbocycles. The van der Waals surface area contributed by atoms with Crippen LogP contribution in [0.4, 0.5) is 0 Å². The summed E-state index contributed by atoms with van der Waals surface area (Å²) in [5, 5.41) is 0.712. The molecule has 1 fully saturated rings. The van der Waals surface area contributed by atoms with Gasteiger partial charge in [-0.3, -0.25) is 0 Å². The predicted molar refractivity (Wildman–Crippen MR) is 58.7 cm³/mol. The van der Waals surface area contributed by atoms with E-state index in [4.69, 9.17) is 26.8 Å². The van der Waals surface area contributed by atoms with Gasteiger partial charge in [-0.25, -0.2) is 0 Å². The Morgan fingerprint density at radius 2 is 1.93 bits per heavy atom. The summed E-state index contributed by atoms with van der Waals surface area (Å²) in [5.74, 6) is 0. The van der Waals surface area contributed by atoms with Gasteiger partial charge in [0.2, 0.25) is 0 Å². The molecule has 3 nitrogen and oxygen atoms in total. The number of benzene rings is 1. The molecule has 0 aromatic heterocycles. The van der Waals surface area contributed by atoms with E-state index in [-0.39, 0.29) is 12.3 Å². The molecule has 0 radical (unpaired) electrons. The highest BCUT2D eigenvalue weighted by Gasteiger charge is 2.18. The minimum atomic E-state index is -0.309. The Morgan fingerprint density at radius 1 is 1.20 bits per heavy atom. The Morgan fingerprint density at radius 3 is 2.67 bits per heavy atom. The quantitative estimate of drug-likeness (QED) is 0.799. The van der Waals surface area contributed by atoms with Gasteiger partial charge in [0, 0.05) is 16.6 Å². The standard InChI is InChI=1S/C11H14ClNO2/c12-9-3-1-8(2-4-9)11-14-6-5-10(13)7-15-11/h1-4,10-11H,5-7,13H2/t10-,11+/m0/s1. The zero-order chi connectivity index (χ0) is 10.7. The van der Waals surface area contributed by atoms with Crippen molar-refractivity contribution < 1.29 is 9.47 Å². The van der Waals surface area contributed by atoms with Gasteiger partial charge in [0.15, 0.2) is 6.29 Å². The van der Waals surface area contributed by atoms with Crippen LogP contribution in [0.15, 0.2) is 24.3 Å². The maximum absolute atomic E-state index is 5.80. The number of halogens is 1. The van der Waals surface area contributed by atoms with E-state index in [1.807, 2.05) is 24.3 Å². The number of hydrogen-bond donors (Lipinski definition) is 1. The largest absolute Gasteiger partial charge is 0.348 e. The van der Waals surface area contributed by atoms with Gasteiger partial charge in [-0.1, -0.05) is 23.7 Å². The van der Waals surface area contributed by atoms with Crippen LogP contribution < -0.4 is 5.73 Å². The van der Waals surface area contributed by atoms with Crippen LogP contribution in [0.3, 0.4) is 0 Å². The van der Waals surface area contributed by atoms with Gasteiger partial charge in [0.1, 0.15) is 0 Å². The molecule has 1 aliphatic heterocycles. The van der Waals surface area contributed by atoms with Gasteiger partial charge in [-0.2, -0.15) is 0 Å². The molecular formula is C11H14ClNO2. The summed E-state index contributed by atoms with van der Waals surface area (Å²) in [6.45, 7) is 1.17. The van der Waals surface area contributed by atoms with Gasteiger partial charge in [-0.15, -0.1) is 0 Å². The number of ether oxygens (including phenoxy) is 2. The Hall–Kier alpha value is -0.610. The van der Waals surface area contributed by atoms with Crippen molar-refractivity contribution in [3.05, 3.63) is 34.9 Å². The van der Waals surface area contributed by atoms with Crippen LogP contribution in [-0.4, -0.2) is 19.3 Å². The third-order valence-electron chi connectivity index (χ3n) is 2.36. The molecular weight excluding hydrogens is 214 g/mol. The minimum Gasteiger partial charge on any atom is -0.348 e. The zero-order valence-corrected chi connectivity index (χ0v) is 9.11. The maximum Gasteiger partial charge on any atom is 0.183 e. The third kappa shape index (κ3) is 2.92. The second kappa shape index (κ2) is 4.94. The monoisotopic (exact) mass is 227 g/mol. The molecule has 1 aliphatic rings. The topological polar surface area (TPSA) is 44.5 Å². The van der Waals surface area contributed by atoms with Gasteiger partial charge in [-0.05, 0) is 18.6 Å². The molecule has 4 heteroatoms. The first kappa shape index (κ1) is 10.9. The average molecular weight is 228 g/mol. The summed E-state index contributed by atoms with van der Waals surface area (Å²) in [5.41, 5.74) is 6.75. The molecule has 1 saturated heterocycles. The Balaban J connectivity index is 2.06. The van der Waals surface area contributed by atoms with Crippen LogP contribution in [0.5, 0.6) is 0 Å². The van der Waals surface area contributed by atoms with Crippen molar-refractivity contribution in [1.29, 1.82) is 0 Å². The molecule has 1 heterocycles. The van der Waals surface area contributed by atoms with E-state index in [1.54, 1.807) is 0 Å². The first-order valence-electron chi connectivity index (χ1n) is 5.00. The molecule has 2 N–H and O–H groups in total. The number of nitrogens with two attached hydrogens (primary N) is 1. The molecule has 0 bridgehead atoms. The van der Waals surface area contributed by atoms with E-state index in [0.29, 0.717) is 18.2 Å². The summed E-state index contributed by atoms with van der Waals surface area (Å²) in [6, 6.07) is 7.54. The molecule has 0 saturated carbocycles. The lowest BCUT2D eigenvalue weighted by Crippen LogP contribution is -2.25. The minimum absolute atomic E-state index is 0.0716. The summed E-state index contributed by atoms with van der Waals surface area (Å²) in [6.07, 6.45) is 0.528. The van der Waals surface area contributed by atoms with Gasteiger partial charge in [0.25, 0.3) is 0 Å². The highest BCUT2D eigenvalue weighted by Crippen LogP contribution is 2.23. The summed E-state index contributed by atoms with van der Waals surface area (Å²) in [7, 11) is 0. The predicted octanol–water partition coefficient (Wildman–Crippen LogP) is 2.10. The van der Waals surface area contributed by atoms with Crippen LogP contribution in [0.25, 0.3) is 0 Å². The second-order valence-electron chi connectivity index (χ2n) is 3.64. The maximum atomic E-state index is 5.80. The molecule has 2 rings (SSSR count). The van der Waals surface area contributed by atoms with E-state index in [1.165, 1.54) is 0 Å². The summed E-state index contributed by atoms with van der Waals surface area (Å²) in [4.78, 5) is 0. The van der Waals surface area contributed by atoms with Crippen molar-refractivity contribution in [3.8, 4) is 0 Å². The molecule has 82 valence electrons. The fourth-order valence-corrected chi connectivity index (χ4v) is 1.61. The second-order valence-corrected chi connectivity index (χ2v) is 4.07. The Kier molecular flexibility index (Phi) is 3.59. The third-order valence-corrected chi connectivity index (χ3v) is 2.61. The van der Waals surface area contributed by atoms with E-state index in [9.17, 15) is 0 Å². The Bertz CT molecular complexity index is 315. The Labute approximate surface area is 94.1 Å². The van der Waals surface area contributed by atoms with Crippen LogP contribution in [-0.2, 0) is 9.47 Å². The lowest BCUT2D eigenvalue weighted by molar-refractivity contribution is -0.130. The molecule has 1 aromatic rings. The van der Waals surface area contributed by atoms with Gasteiger partial charge < -0.3 is 15.2 Å². The van der Waals surface area contributed by atoms with Crippen molar-refractivity contribution in [3.63, 3.8) is 0 Å². The first-order chi connectivity index (χ1) is 7.25. The van der Waals surface area contributed by atoms with Crippen molar-refractivity contribution in [2.75, 3.05) is 13.2 Å². The van der Waals surface area contributed by atoms with Crippen LogP contribution in [0.2, 0.25) is 5.02 Å². The lowest BCUT2D eigenvalue weighted by atomic mass is 10.2. The molecule has 2 atom stereocenters. The summed E-state index contributed by atoms with van der Waals surface area (Å²) >= 11 is 5.80. The average Bonchev–Trinajstić information content (AvgIpc) is 2.44. The normalized spacial score (nSPS) is 27.3. The van der Waals surface area contributed by atoms with Gasteiger partial charge >= 0.3 is 0 Å². The van der Waals surface area contributed by atoms with Crippen molar-refractivity contribution in [2.45, 2.75) is 18.8 Å². The van der Waals surface area contributed by atoms with E-state index >= 15 is 0 Å². The van der Waals surface area contributed by atoms with Crippen molar-refractivity contribution in [2.24, 2.45) is 5.73 Å². The molecule has 0 unspecified atom stereocenters. The van der Waals surface area contributed by atoms with Crippen LogP contribution in [0, 0.1) is 0 Å².